The van der Waals surface area contributed by atoms with Crippen LogP contribution in [0.5, 0.6) is 0 Å². The highest BCUT2D eigenvalue weighted by Crippen LogP contribution is 2.64. The van der Waals surface area contributed by atoms with E-state index in [0.29, 0.717) is 0 Å². The number of ketones is 1. The number of methoxy groups -OCH3 is 1. The lowest BCUT2D eigenvalue weighted by molar-refractivity contribution is -0.132. The van der Waals surface area contributed by atoms with Gasteiger partial charge in [0.1, 0.15) is 5.78 Å². The minimum Gasteiger partial charge on any atom is -0.465 e. The quantitative estimate of drug-likeness (QED) is 0.409. The predicted molar refractivity (Wildman–Crippen MR) is 128 cm³/mol. The molecule has 2 bridgehead atoms. The fraction of sp³-hybridized carbons (Fsp3) is 0.214. The Bertz CT molecular complexity index is 1430. The van der Waals surface area contributed by atoms with Gasteiger partial charge in [0.2, 0.25) is 11.8 Å². The van der Waals surface area contributed by atoms with Crippen LogP contribution in [-0.4, -0.2) is 30.7 Å². The van der Waals surface area contributed by atoms with Gasteiger partial charge in [-0.25, -0.2) is 9.69 Å². The highest BCUT2D eigenvalue weighted by Gasteiger charge is 2.70. The topological polar surface area (TPSA) is 80.8 Å². The van der Waals surface area contributed by atoms with Crippen LogP contribution in [0.15, 0.2) is 66.7 Å². The van der Waals surface area contributed by atoms with E-state index < -0.39 is 35.0 Å². The maximum absolute atomic E-state index is 14.1. The van der Waals surface area contributed by atoms with E-state index >= 15 is 0 Å². The number of hydrogen-bond acceptors (Lipinski definition) is 5. The van der Waals surface area contributed by atoms with Crippen molar-refractivity contribution in [2.24, 2.45) is 11.8 Å². The molecule has 0 spiro atoms. The Balaban J connectivity index is 1.61. The normalized spacial score (nSPS) is 25.7. The van der Waals surface area contributed by atoms with Gasteiger partial charge in [-0.2, -0.15) is 0 Å². The first kappa shape index (κ1) is 21.7. The maximum Gasteiger partial charge on any atom is 0.339 e. The third-order valence-corrected chi connectivity index (χ3v) is 8.12. The molecule has 1 fully saturated rings. The molecule has 2 amide bonds. The number of nitrogens with zero attached hydrogens (tertiary/aromatic N) is 1. The maximum atomic E-state index is 14.1. The highest BCUT2D eigenvalue weighted by molar-refractivity contribution is 6.34. The second kappa shape index (κ2) is 7.36. The molecule has 0 aromatic heterocycles. The number of hydrogen-bond donors (Lipinski definition) is 0. The number of carbonyl (C=O) groups is 4. The van der Waals surface area contributed by atoms with Gasteiger partial charge in [0.05, 0.1) is 40.6 Å². The predicted octanol–water partition coefficient (Wildman–Crippen LogP) is 4.27. The van der Waals surface area contributed by atoms with Crippen molar-refractivity contribution in [3.63, 3.8) is 0 Å². The lowest BCUT2D eigenvalue weighted by Crippen LogP contribution is -2.57. The van der Waals surface area contributed by atoms with E-state index in [1.54, 1.807) is 0 Å². The van der Waals surface area contributed by atoms with E-state index in [1.807, 2.05) is 48.5 Å². The molecule has 0 unspecified atom stereocenters. The smallest absolute Gasteiger partial charge is 0.339 e. The first-order valence-electron chi connectivity index (χ1n) is 11.3. The molecule has 7 rings (SSSR count). The summed E-state index contributed by atoms with van der Waals surface area (Å²) in [5.74, 6) is -3.69. The zero-order chi connectivity index (χ0) is 24.6. The summed E-state index contributed by atoms with van der Waals surface area (Å²) in [5, 5.41) is 0.150. The summed E-state index contributed by atoms with van der Waals surface area (Å²) in [6.45, 7) is 1.49. The van der Waals surface area contributed by atoms with Crippen LogP contribution in [-0.2, 0) is 24.5 Å². The largest absolute Gasteiger partial charge is 0.465 e. The van der Waals surface area contributed by atoms with Crippen molar-refractivity contribution in [1.29, 1.82) is 0 Å². The van der Waals surface area contributed by atoms with E-state index in [-0.39, 0.29) is 28.0 Å². The number of ether oxygens (including phenoxy) is 1. The van der Waals surface area contributed by atoms with Crippen LogP contribution in [0.4, 0.5) is 5.69 Å². The number of rotatable bonds is 3. The molecule has 3 aliphatic carbocycles. The molecule has 1 heterocycles. The zero-order valence-corrected chi connectivity index (χ0v) is 19.7. The first-order valence-corrected chi connectivity index (χ1v) is 11.7. The number of imide groups is 1. The molecule has 35 heavy (non-hydrogen) atoms. The van der Waals surface area contributed by atoms with Gasteiger partial charge in [0, 0.05) is 5.92 Å². The van der Waals surface area contributed by atoms with Gasteiger partial charge in [0.15, 0.2) is 0 Å². The standard InChI is InChI=1S/C28H20ClNO5/c1-14(31)28-19-9-5-3-7-16(19)22(17-8-4-6-10-20(17)28)23-24(28)26(33)30(25(23)32)15-11-12-21(29)18(13-15)27(34)35-2/h3-13,22-24H,1-2H3/t22?,23-,24+,28?/m1/s1. The molecule has 3 aromatic rings. The lowest BCUT2D eigenvalue weighted by atomic mass is 9.46. The SMILES string of the molecule is COC(=O)c1cc(N2C(=O)[C@@H]3C4c5ccccc5C(C(C)=O)(c5ccccc54)[C@@H]3C2=O)ccc1Cl. The fourth-order valence-electron chi connectivity index (χ4n) is 6.54. The molecule has 0 N–H and O–H groups in total. The Morgan fingerprint density at radius 2 is 1.51 bits per heavy atom. The monoisotopic (exact) mass is 485 g/mol. The number of benzene rings is 3. The van der Waals surface area contributed by atoms with Crippen molar-refractivity contribution in [1.82, 2.24) is 0 Å². The molecule has 4 aliphatic rings. The third-order valence-electron chi connectivity index (χ3n) is 7.79. The minimum atomic E-state index is -1.27. The Morgan fingerprint density at radius 1 is 0.914 bits per heavy atom. The van der Waals surface area contributed by atoms with Gasteiger partial charge < -0.3 is 4.74 Å². The van der Waals surface area contributed by atoms with E-state index in [2.05, 4.69) is 0 Å². The Kier molecular flexibility index (Phi) is 4.57. The molecule has 3 aromatic carbocycles. The molecule has 7 heteroatoms. The molecule has 1 saturated heterocycles. The number of carbonyl (C=O) groups excluding carboxylic acids is 4. The summed E-state index contributed by atoms with van der Waals surface area (Å²) < 4.78 is 4.80. The molecule has 174 valence electrons. The fourth-order valence-corrected chi connectivity index (χ4v) is 6.74. The van der Waals surface area contributed by atoms with Gasteiger partial charge in [-0.3, -0.25) is 14.4 Å². The third kappa shape index (κ3) is 2.55. The second-order valence-corrected chi connectivity index (χ2v) is 9.59. The number of amides is 2. The van der Waals surface area contributed by atoms with Crippen LogP contribution in [0.1, 0.15) is 45.5 Å². The first-order chi connectivity index (χ1) is 16.8. The van der Waals surface area contributed by atoms with Gasteiger partial charge in [-0.15, -0.1) is 0 Å². The van der Waals surface area contributed by atoms with E-state index in [9.17, 15) is 19.2 Å². The van der Waals surface area contributed by atoms with E-state index in [1.165, 1.54) is 32.2 Å². The van der Waals surface area contributed by atoms with Gasteiger partial charge in [-0.1, -0.05) is 60.1 Å². The van der Waals surface area contributed by atoms with Crippen molar-refractivity contribution >= 4 is 40.9 Å². The van der Waals surface area contributed by atoms with Crippen molar-refractivity contribution in [3.8, 4) is 0 Å². The average Bonchev–Trinajstić information content (AvgIpc) is 3.14. The molecular weight excluding hydrogens is 466 g/mol. The zero-order valence-electron chi connectivity index (χ0n) is 18.9. The van der Waals surface area contributed by atoms with E-state index in [0.717, 1.165) is 27.2 Å². The van der Waals surface area contributed by atoms with Crippen LogP contribution >= 0.6 is 11.6 Å². The van der Waals surface area contributed by atoms with Crippen LogP contribution in [0.3, 0.4) is 0 Å². The Hall–Kier alpha value is -3.77. The molecule has 1 aliphatic heterocycles. The van der Waals surface area contributed by atoms with Crippen molar-refractivity contribution in [2.45, 2.75) is 18.3 Å². The van der Waals surface area contributed by atoms with Crippen LogP contribution in [0.2, 0.25) is 5.02 Å². The average molecular weight is 486 g/mol. The molecule has 0 saturated carbocycles. The van der Waals surface area contributed by atoms with Crippen LogP contribution in [0.25, 0.3) is 0 Å². The highest BCUT2D eigenvalue weighted by atomic mass is 35.5. The Labute approximate surface area is 206 Å². The molecule has 0 radical (unpaired) electrons. The molecular formula is C28H20ClNO5. The summed E-state index contributed by atoms with van der Waals surface area (Å²) in [6.07, 6.45) is 0. The number of esters is 1. The van der Waals surface area contributed by atoms with Gasteiger partial charge in [-0.05, 0) is 47.4 Å². The number of Topliss-reactive ketones (excluding diaryl/α,β-unsaturated/α-hetero) is 1. The van der Waals surface area contributed by atoms with Crippen LogP contribution in [0, 0.1) is 11.8 Å². The summed E-state index contributed by atoms with van der Waals surface area (Å²) in [4.78, 5) is 55.1. The Morgan fingerprint density at radius 3 is 2.09 bits per heavy atom. The van der Waals surface area contributed by atoms with Gasteiger partial charge in [0.25, 0.3) is 0 Å². The summed E-state index contributed by atoms with van der Waals surface area (Å²) in [7, 11) is 1.23. The molecule has 2 atom stereocenters. The van der Waals surface area contributed by atoms with Crippen molar-refractivity contribution in [3.05, 3.63) is 99.6 Å². The number of halogens is 1. The number of anilines is 1. The van der Waals surface area contributed by atoms with Crippen molar-refractivity contribution in [2.75, 3.05) is 12.0 Å². The second-order valence-electron chi connectivity index (χ2n) is 9.19. The summed E-state index contributed by atoms with van der Waals surface area (Å²) in [5.41, 5.74) is 2.38. The summed E-state index contributed by atoms with van der Waals surface area (Å²) in [6, 6.07) is 19.6. The van der Waals surface area contributed by atoms with E-state index in [4.69, 9.17) is 16.3 Å². The minimum absolute atomic E-state index is 0.0537. The van der Waals surface area contributed by atoms with Crippen molar-refractivity contribution < 1.29 is 23.9 Å². The van der Waals surface area contributed by atoms with Crippen LogP contribution < -0.4 is 4.90 Å². The lowest BCUT2D eigenvalue weighted by Gasteiger charge is -2.52. The summed E-state index contributed by atoms with van der Waals surface area (Å²) >= 11 is 6.18. The van der Waals surface area contributed by atoms with Gasteiger partial charge >= 0.3 is 5.97 Å². The molecule has 6 nitrogen and oxygen atoms in total.